The number of ether oxygens (including phenoxy) is 1. The topological polar surface area (TPSA) is 552 Å². The number of β-amino-alcohol motifs (C(OH)–C–C–N with tert-alkyl or cyclic N) is 5. The maximum atomic E-state index is 13.7. The molecule has 139 heavy (non-hydrogen) atoms. The van der Waals surface area contributed by atoms with Crippen LogP contribution in [0.3, 0.4) is 0 Å². The Morgan fingerprint density at radius 3 is 0.799 bits per heavy atom. The number of carbonyl (C=O) groups is 14. The third-order valence-corrected chi connectivity index (χ3v) is 31.4. The molecule has 12 N–H and O–H groups in total. The van der Waals surface area contributed by atoms with Gasteiger partial charge in [0.2, 0.25) is 71.4 Å². The second kappa shape index (κ2) is 47.9. The number of likely N-dealkylation sites (tertiary alicyclic amines) is 4. The molecule has 9 fully saturated rings. The zero-order valence-corrected chi connectivity index (χ0v) is 93.3. The summed E-state index contributed by atoms with van der Waals surface area (Å²) < 4.78 is 82.0. The van der Waals surface area contributed by atoms with Crippen LogP contribution in [0.4, 0.5) is 4.79 Å². The normalized spacial score (nSPS) is 31.6. The van der Waals surface area contributed by atoms with E-state index >= 15 is 0 Å². The van der Waals surface area contributed by atoms with Crippen molar-refractivity contribution in [2.45, 2.75) is 308 Å². The highest BCUT2D eigenvalue weighted by molar-refractivity contribution is 7.89. The summed E-state index contributed by atoms with van der Waals surface area (Å²) in [5.74, 6) is -7.57. The van der Waals surface area contributed by atoms with Crippen molar-refractivity contribution < 1.29 is 123 Å². The number of rotatable bonds is 32. The second-order valence-corrected chi connectivity index (χ2v) is 51.4. The van der Waals surface area contributed by atoms with Gasteiger partial charge in [-0.2, -0.15) is 0 Å². The fourth-order valence-corrected chi connectivity index (χ4v) is 23.7. The average Bonchev–Trinajstić information content (AvgIpc) is 1.59. The number of Topliss-reactive ketones (excluding diaryl/α,β-unsaturated/α-hetero) is 6. The van der Waals surface area contributed by atoms with E-state index in [1.807, 2.05) is 97.3 Å². The SMILES string of the molecule is C=C[C@@H]1C[C@]1(CC(=O)[C@@H]1C(C)[C@@H](O)CN1C(=O)[C@@H](NC(=O)OC(C)(C)C)C(C)(C)C)C(=O)NS(C)(=O)=O.C=C[C@@H]1C[C@]1(CC(=O)[C@@H]1C(C)[C@@H](O)CN1C(=O)[C@@H](NP)C(C)(C)C)C(=O)NS(C)(=O)=O.C=C[C@@H]1C[C@]1(CC(=O)[C@@H]1C(C)[C@@H](O)CN1C(=O)[C@@H](NP)C(C)(C)C)C(C)=O.C=C[C@@H]1C[C@]1(CC(=O)[C@@H]1C(C)[C@@H](O)CN1P)C(=O)NS(C)(=O)=O.CC.CC(=O)[C@@H]1C(C)[C@@H](O)CN1C(=O)[C@@H](NP)C(C)(C)C. The molecule has 9 rings (SSSR count). The largest absolute Gasteiger partial charge is 0.444 e. The molecule has 45 heteroatoms. The van der Waals surface area contributed by atoms with E-state index in [-0.39, 0.29) is 151 Å². The predicted octanol–water partition coefficient (Wildman–Crippen LogP) is 4.59. The molecule has 9 unspecified atom stereocenters. The van der Waals surface area contributed by atoms with Crippen molar-refractivity contribution in [1.29, 1.82) is 0 Å². The van der Waals surface area contributed by atoms with Crippen molar-refractivity contribution in [3.05, 3.63) is 50.6 Å². The number of nitrogens with zero attached hydrogens (tertiary/aromatic N) is 5. The molecule has 8 amide bonds. The van der Waals surface area contributed by atoms with E-state index in [0.717, 1.165) is 18.8 Å². The molecule has 792 valence electrons. The van der Waals surface area contributed by atoms with Crippen LogP contribution in [-0.2, 0) is 97.1 Å². The van der Waals surface area contributed by atoms with Gasteiger partial charge in [0, 0.05) is 93.4 Å². The van der Waals surface area contributed by atoms with Crippen LogP contribution in [0.2, 0.25) is 0 Å². The van der Waals surface area contributed by atoms with Gasteiger partial charge in [0.05, 0.1) is 114 Å². The van der Waals surface area contributed by atoms with Gasteiger partial charge in [-0.25, -0.2) is 30.0 Å². The van der Waals surface area contributed by atoms with Gasteiger partial charge in [0.1, 0.15) is 17.4 Å². The van der Waals surface area contributed by atoms with E-state index in [0.29, 0.717) is 25.8 Å². The number of carbonyl (C=O) groups excluding carboxylic acids is 14. The maximum Gasteiger partial charge on any atom is 0.408 e. The number of hydrogen-bond donors (Lipinski definition) is 12. The Morgan fingerprint density at radius 1 is 0.381 bits per heavy atom. The molecular weight excluding hydrogens is 1930 g/mol. The molecule has 5 saturated heterocycles. The summed E-state index contributed by atoms with van der Waals surface area (Å²) in [4.78, 5) is 186. The van der Waals surface area contributed by atoms with E-state index in [4.69, 9.17) is 4.74 Å². The van der Waals surface area contributed by atoms with Crippen molar-refractivity contribution in [3.8, 4) is 0 Å². The van der Waals surface area contributed by atoms with Crippen molar-refractivity contribution in [2.75, 3.05) is 51.5 Å². The Morgan fingerprint density at radius 2 is 0.597 bits per heavy atom. The fraction of sp³-hybridized carbons (Fsp3) is 0.766. The minimum Gasteiger partial charge on any atom is -0.444 e. The van der Waals surface area contributed by atoms with Crippen LogP contribution in [0.5, 0.6) is 0 Å². The summed E-state index contributed by atoms with van der Waals surface area (Å²) in [6, 6.07) is -6.28. The van der Waals surface area contributed by atoms with Crippen molar-refractivity contribution >= 4 is 150 Å². The molecule has 31 atom stereocenters. The summed E-state index contributed by atoms with van der Waals surface area (Å²) in [6.45, 7) is 58.8. The molecule has 0 spiro atoms. The van der Waals surface area contributed by atoms with Gasteiger partial charge in [0.25, 0.3) is 0 Å². The standard InChI is InChI=1S/C25H41N3O8S.C20H34N3O6PS.C20H33N2O4P.C14H23N2O5PS.C13H25N2O3P.C2H6/c1-10-15-11-25(15,21(32)27-37(9,34)35)12-16(29)18-14(2)17(30)13-28(18)20(31)19(23(3,4)5)26-22(33)36-24(6,7)8;1-7-12-8-20(12,18(27)22-31(6,28)29)9-13(24)15-11(2)14(25)10-23(15)17(26)16(21-30)19(3,4)5;1-7-13-8-20(13,12(3)23)9-14(24)16-11(2)15(25)10-22(16)18(26)17(21-27)19(4,5)6;1-4-9-5-14(9,13(19)15-23(3,20)21)6-10(17)12-8(2)11(18)7-16(12)22;1-7-9(17)6-15(10(7)8(2)16)12(18)11(14-19)13(3,4)5;1-2/h10,14-15,17-19,30H,1,11-13H2,2-9H3,(H,26,33)(H,27,32);7,11-12,14-16,21,25H,1,8-10,30H2,2-6H3,(H,22,27);7,11,13,15-17,21,25H,1,8-10,27H2,2-6H3;4,8-9,11-12,18H,1,5-7,22H2,2-3H3,(H,15,19);7,9-11,14,17H,6,19H2,1-5H3;1-2H3/t14?,15-,17+,18+,19-,25-;11?,12-,14+,15+,16-,20-;11?,13-,15+,16+,17-,20+;8?,9-,11+,12+,14-;7?,9-,10-,11+;/m11110./s1. The zero-order valence-electron chi connectivity index (χ0n) is 86.2. The second-order valence-electron chi connectivity index (χ2n) is 44.5. The van der Waals surface area contributed by atoms with Crippen LogP contribution in [-0.4, -0.2) is 299 Å². The minimum atomic E-state index is -3.85. The van der Waals surface area contributed by atoms with Gasteiger partial charge in [-0.1, -0.05) is 193 Å². The van der Waals surface area contributed by atoms with Crippen LogP contribution < -0.4 is 34.7 Å². The van der Waals surface area contributed by atoms with Gasteiger partial charge in [-0.05, 0) is 106 Å². The molecule has 0 aromatic rings. The van der Waals surface area contributed by atoms with Crippen LogP contribution in [0.1, 0.15) is 218 Å². The first-order chi connectivity index (χ1) is 63.2. The van der Waals surface area contributed by atoms with Gasteiger partial charge in [-0.3, -0.25) is 96.4 Å². The van der Waals surface area contributed by atoms with Gasteiger partial charge in [0.15, 0.2) is 28.9 Å². The number of alkyl carbamates (subject to hydrolysis) is 1. The lowest BCUT2D eigenvalue weighted by Crippen LogP contribution is -2.58. The molecule has 0 bridgehead atoms. The van der Waals surface area contributed by atoms with E-state index in [1.54, 1.807) is 92.1 Å². The van der Waals surface area contributed by atoms with Gasteiger partial charge < -0.3 is 55.2 Å². The van der Waals surface area contributed by atoms with Gasteiger partial charge >= 0.3 is 6.09 Å². The predicted molar refractivity (Wildman–Crippen MR) is 542 cm³/mol. The highest BCUT2D eigenvalue weighted by atomic mass is 32.2. The highest BCUT2D eigenvalue weighted by Crippen LogP contribution is 2.60. The van der Waals surface area contributed by atoms with Crippen LogP contribution in [0, 0.1) is 96.6 Å². The average molecular weight is 2100 g/mol. The lowest BCUT2D eigenvalue weighted by Gasteiger charge is -2.36. The van der Waals surface area contributed by atoms with E-state index in [2.05, 4.69) is 84.5 Å². The number of aliphatic hydroxyl groups excluding tert-OH is 5. The van der Waals surface area contributed by atoms with Crippen LogP contribution >= 0.6 is 37.6 Å². The number of sulfonamides is 3. The summed E-state index contributed by atoms with van der Waals surface area (Å²) in [6.07, 6.45) is 5.41. The van der Waals surface area contributed by atoms with Crippen LogP contribution in [0.25, 0.3) is 0 Å². The number of allylic oxidation sites excluding steroid dienone is 4. The fourth-order valence-electron chi connectivity index (χ4n) is 19.5. The molecule has 0 aromatic carbocycles. The van der Waals surface area contributed by atoms with E-state index < -0.39 is 206 Å². The number of nitrogens with one attached hydrogen (secondary N) is 7. The Balaban J connectivity index is 0.000000367. The first-order valence-electron chi connectivity index (χ1n) is 47.0. The lowest BCUT2D eigenvalue weighted by molar-refractivity contribution is -0.143. The Kier molecular flexibility index (Phi) is 43.1. The first-order valence-corrected chi connectivity index (χ1v) is 54.9. The Labute approximate surface area is 833 Å². The Hall–Kier alpha value is -6.25. The highest BCUT2D eigenvalue weighted by Gasteiger charge is 2.66. The molecular formula is C94H162N12O26P4S3. The van der Waals surface area contributed by atoms with Crippen molar-refractivity contribution in [1.82, 2.24) is 59.0 Å². The summed E-state index contributed by atoms with van der Waals surface area (Å²) in [5, 5.41) is 62.6. The molecule has 9 aliphatic rings. The summed E-state index contributed by atoms with van der Waals surface area (Å²) in [5.41, 5.74) is -6.83. The summed E-state index contributed by atoms with van der Waals surface area (Å²) in [7, 11) is -1.83. The molecule has 0 radical (unpaired) electrons. The third-order valence-electron chi connectivity index (χ3n) is 28.2. The number of ketones is 6. The van der Waals surface area contributed by atoms with E-state index in [9.17, 15) is 118 Å². The molecule has 5 heterocycles. The first kappa shape index (κ1) is 125. The number of aliphatic hydroxyl groups is 5. The monoisotopic (exact) mass is 2090 g/mol. The Bertz CT molecular complexity index is 4940. The molecule has 4 saturated carbocycles. The molecule has 0 aromatic heterocycles. The number of hydrogen-bond acceptors (Lipinski definition) is 30. The van der Waals surface area contributed by atoms with Crippen molar-refractivity contribution in [3.63, 3.8) is 0 Å². The lowest BCUT2D eigenvalue weighted by atomic mass is 9.84. The maximum absolute atomic E-state index is 13.7. The molecule has 5 aliphatic heterocycles. The number of amides is 8. The zero-order chi connectivity index (χ0) is 108. The summed E-state index contributed by atoms with van der Waals surface area (Å²) >= 11 is 0. The smallest absolute Gasteiger partial charge is 0.408 e. The van der Waals surface area contributed by atoms with Gasteiger partial charge in [-0.15, -0.1) is 26.3 Å². The minimum absolute atomic E-state index is 0.0102. The molecule has 38 nitrogen and oxygen atoms in total. The third kappa shape index (κ3) is 30.9. The van der Waals surface area contributed by atoms with E-state index in [1.165, 1.54) is 39.5 Å². The quantitative estimate of drug-likeness (QED) is 0.0323. The van der Waals surface area contributed by atoms with Crippen molar-refractivity contribution in [2.24, 2.45) is 96.6 Å². The van der Waals surface area contributed by atoms with Crippen LogP contribution in [0.15, 0.2) is 50.6 Å². The molecule has 4 aliphatic carbocycles.